The highest BCUT2D eigenvalue weighted by Gasteiger charge is 2.52. The summed E-state index contributed by atoms with van der Waals surface area (Å²) < 4.78 is 6.00. The molecule has 1 aromatic carbocycles. The van der Waals surface area contributed by atoms with E-state index in [1.807, 2.05) is 36.4 Å². The second-order valence-electron chi connectivity index (χ2n) is 15.1. The third-order valence-electron chi connectivity index (χ3n) is 11.8. The maximum Gasteiger partial charge on any atom is 0.223 e. The molecule has 4 saturated carbocycles. The number of carbonyl (C=O) groups excluding carboxylic acids is 1. The number of nitrogens with two attached hydrogens (primary N) is 1. The molecule has 2 saturated heterocycles. The molecule has 5 aliphatic carbocycles. The summed E-state index contributed by atoms with van der Waals surface area (Å²) in [6.07, 6.45) is 20.4. The highest BCUT2D eigenvalue weighted by molar-refractivity contribution is 6.16. The van der Waals surface area contributed by atoms with E-state index in [2.05, 4.69) is 31.2 Å². The fourth-order valence-corrected chi connectivity index (χ4v) is 9.84. The van der Waals surface area contributed by atoms with Crippen LogP contribution in [0.1, 0.15) is 81.8 Å². The maximum atomic E-state index is 13.4. The monoisotopic (exact) mass is 621 g/mol. The Morgan fingerprint density at radius 2 is 1.72 bits per heavy atom. The number of allylic oxidation sites excluding steroid dienone is 4. The molecule has 46 heavy (non-hydrogen) atoms. The minimum absolute atomic E-state index is 0.236. The number of carbonyl (C=O) groups is 1. The van der Waals surface area contributed by atoms with Crippen LogP contribution in [0.25, 0.3) is 0 Å². The smallest absolute Gasteiger partial charge is 0.223 e. The molecule has 1 amide bonds. The zero-order chi connectivity index (χ0) is 31.3. The summed E-state index contributed by atoms with van der Waals surface area (Å²) in [6.45, 7) is 3.73. The number of hydrogen-bond acceptors (Lipinski definition) is 8. The van der Waals surface area contributed by atoms with Crippen LogP contribution < -0.4 is 15.8 Å². The average molecular weight is 622 g/mol. The Morgan fingerprint density at radius 3 is 2.37 bits per heavy atom. The molecule has 2 aliphatic heterocycles. The number of ether oxygens (including phenoxy) is 1. The van der Waals surface area contributed by atoms with E-state index in [-0.39, 0.29) is 11.8 Å². The molecule has 4 bridgehead atoms. The zero-order valence-corrected chi connectivity index (χ0v) is 26.8. The topological polar surface area (TPSA) is 120 Å². The molecule has 9 nitrogen and oxygen atoms in total. The number of nitrogen functional groups attached to an aromatic ring is 1. The Morgan fingerprint density at radius 1 is 1.02 bits per heavy atom. The van der Waals surface area contributed by atoms with Crippen LogP contribution in [0.4, 0.5) is 11.6 Å². The Labute approximate surface area is 272 Å². The lowest BCUT2D eigenvalue weighted by molar-refractivity contribution is -0.147. The molecule has 2 aromatic rings. The number of anilines is 2. The molecular weight excluding hydrogens is 574 g/mol. The SMILES string of the molecule is N=C(c1ccc(OC2=CC=CCC2)cc1)c1c(N)ncnc1NC1CCN(C2CN(C(=O)CC34CC5CC(CC(C5)C3)C4)C2)CC1. The van der Waals surface area contributed by atoms with Gasteiger partial charge in [-0.2, -0.15) is 0 Å². The number of hydrogen-bond donors (Lipinski definition) is 3. The van der Waals surface area contributed by atoms with Crippen molar-refractivity contribution in [1.82, 2.24) is 19.8 Å². The van der Waals surface area contributed by atoms with Crippen molar-refractivity contribution in [3.8, 4) is 5.75 Å². The molecule has 0 atom stereocenters. The number of nitrogens with zero attached hydrogens (tertiary/aromatic N) is 4. The van der Waals surface area contributed by atoms with Gasteiger partial charge in [0.05, 0.1) is 11.3 Å². The van der Waals surface area contributed by atoms with Crippen molar-refractivity contribution >= 4 is 23.3 Å². The molecule has 1 aromatic heterocycles. The van der Waals surface area contributed by atoms with E-state index in [1.165, 1.54) is 44.9 Å². The van der Waals surface area contributed by atoms with Crippen molar-refractivity contribution in [1.29, 1.82) is 5.41 Å². The lowest BCUT2D eigenvalue weighted by Crippen LogP contribution is -2.63. The minimum Gasteiger partial charge on any atom is -0.462 e. The van der Waals surface area contributed by atoms with Crippen molar-refractivity contribution < 1.29 is 9.53 Å². The van der Waals surface area contributed by atoms with Crippen LogP contribution in [0.3, 0.4) is 0 Å². The fraction of sp³-hybridized carbons (Fsp3) is 0.568. The van der Waals surface area contributed by atoms with Gasteiger partial charge in [-0.3, -0.25) is 15.1 Å². The first-order valence-corrected chi connectivity index (χ1v) is 17.5. The highest BCUT2D eigenvalue weighted by atomic mass is 16.5. The van der Waals surface area contributed by atoms with E-state index in [0.29, 0.717) is 34.6 Å². The van der Waals surface area contributed by atoms with Gasteiger partial charge in [-0.25, -0.2) is 9.97 Å². The summed E-state index contributed by atoms with van der Waals surface area (Å²) in [5.41, 5.74) is 8.20. The van der Waals surface area contributed by atoms with E-state index >= 15 is 0 Å². The van der Waals surface area contributed by atoms with Crippen LogP contribution in [0.5, 0.6) is 5.75 Å². The van der Waals surface area contributed by atoms with Crippen molar-refractivity contribution in [2.24, 2.45) is 23.2 Å². The van der Waals surface area contributed by atoms with Gasteiger partial charge in [-0.15, -0.1) is 0 Å². The molecule has 3 heterocycles. The van der Waals surface area contributed by atoms with Crippen molar-refractivity contribution in [2.45, 2.75) is 82.7 Å². The Bertz CT molecular complexity index is 1500. The molecule has 7 aliphatic rings. The second kappa shape index (κ2) is 12.1. The van der Waals surface area contributed by atoms with Gasteiger partial charge in [0, 0.05) is 56.7 Å². The number of piperidine rings is 1. The summed E-state index contributed by atoms with van der Waals surface area (Å²) in [5, 5.41) is 12.6. The quantitative estimate of drug-likeness (QED) is 0.304. The number of rotatable bonds is 9. The van der Waals surface area contributed by atoms with Crippen LogP contribution >= 0.6 is 0 Å². The number of nitrogens with one attached hydrogen (secondary N) is 2. The molecule has 0 radical (unpaired) electrons. The standard InChI is InChI=1S/C37H47N7O2/c38-34(27-6-8-31(9-7-27)46-30-4-2-1-3-5-30)33-35(39)40-23-41-36(33)42-28-10-12-43(13-11-28)29-21-44(22-29)32(45)20-37-17-24-14-25(18-37)16-26(15-24)19-37/h1-2,4,6-9,23-26,28-29,38H,3,5,10-22H2,(H3,39,40,41,42). The predicted octanol–water partition coefficient (Wildman–Crippen LogP) is 5.78. The summed E-state index contributed by atoms with van der Waals surface area (Å²) in [4.78, 5) is 26.8. The number of amides is 1. The predicted molar refractivity (Wildman–Crippen MR) is 180 cm³/mol. The van der Waals surface area contributed by atoms with E-state index < -0.39 is 0 Å². The Balaban J connectivity index is 0.833. The summed E-state index contributed by atoms with van der Waals surface area (Å²) in [5.74, 6) is 5.70. The molecule has 9 heteroatoms. The van der Waals surface area contributed by atoms with Gasteiger partial charge in [0.15, 0.2) is 0 Å². The lowest BCUT2D eigenvalue weighted by Gasteiger charge is -2.57. The van der Waals surface area contributed by atoms with Crippen LogP contribution in [0.2, 0.25) is 0 Å². The van der Waals surface area contributed by atoms with Gasteiger partial charge in [0.1, 0.15) is 29.5 Å². The molecule has 0 spiro atoms. The molecule has 6 fully saturated rings. The number of aromatic nitrogens is 2. The van der Waals surface area contributed by atoms with Gasteiger partial charge in [0.2, 0.25) is 5.91 Å². The largest absolute Gasteiger partial charge is 0.462 e. The van der Waals surface area contributed by atoms with Gasteiger partial charge >= 0.3 is 0 Å². The van der Waals surface area contributed by atoms with Gasteiger partial charge in [-0.05, 0) is 111 Å². The van der Waals surface area contributed by atoms with Gasteiger partial charge < -0.3 is 20.7 Å². The van der Waals surface area contributed by atoms with Crippen LogP contribution in [-0.4, -0.2) is 69.6 Å². The van der Waals surface area contributed by atoms with E-state index in [9.17, 15) is 4.79 Å². The zero-order valence-electron chi connectivity index (χ0n) is 26.8. The lowest BCUT2D eigenvalue weighted by atomic mass is 9.49. The fourth-order valence-electron chi connectivity index (χ4n) is 9.84. The normalized spacial score (nSPS) is 29.3. The summed E-state index contributed by atoms with van der Waals surface area (Å²) in [7, 11) is 0. The van der Waals surface area contributed by atoms with E-state index in [0.717, 1.165) is 93.1 Å². The molecule has 4 N–H and O–H groups in total. The first-order chi connectivity index (χ1) is 22.4. The Hall–Kier alpha value is -3.72. The van der Waals surface area contributed by atoms with Crippen molar-refractivity contribution in [3.05, 3.63) is 65.7 Å². The van der Waals surface area contributed by atoms with E-state index in [1.54, 1.807) is 0 Å². The maximum absolute atomic E-state index is 13.4. The van der Waals surface area contributed by atoms with Crippen molar-refractivity contribution in [2.75, 3.05) is 37.2 Å². The van der Waals surface area contributed by atoms with Gasteiger partial charge in [-0.1, -0.05) is 12.2 Å². The van der Waals surface area contributed by atoms with Crippen LogP contribution in [0.15, 0.2) is 54.6 Å². The number of benzene rings is 1. The first kappa shape index (κ1) is 29.7. The molecule has 242 valence electrons. The minimum atomic E-state index is 0.236. The molecule has 0 unspecified atom stereocenters. The third kappa shape index (κ3) is 5.94. The summed E-state index contributed by atoms with van der Waals surface area (Å²) in [6, 6.07) is 8.27. The van der Waals surface area contributed by atoms with Gasteiger partial charge in [0.25, 0.3) is 0 Å². The van der Waals surface area contributed by atoms with Crippen molar-refractivity contribution in [3.63, 3.8) is 0 Å². The molecular formula is C37H47N7O2. The Kier molecular flexibility index (Phi) is 7.83. The summed E-state index contributed by atoms with van der Waals surface area (Å²) >= 11 is 0. The number of likely N-dealkylation sites (tertiary alicyclic amines) is 2. The highest BCUT2D eigenvalue weighted by Crippen LogP contribution is 2.61. The second-order valence-corrected chi connectivity index (χ2v) is 15.1. The van der Waals surface area contributed by atoms with Crippen LogP contribution in [-0.2, 0) is 4.79 Å². The third-order valence-corrected chi connectivity index (χ3v) is 11.8. The molecule has 9 rings (SSSR count). The van der Waals surface area contributed by atoms with Crippen LogP contribution in [0, 0.1) is 28.6 Å². The average Bonchev–Trinajstić information content (AvgIpc) is 3.01. The first-order valence-electron chi connectivity index (χ1n) is 17.5. The van der Waals surface area contributed by atoms with E-state index in [4.69, 9.17) is 15.9 Å².